The molecule has 20 heavy (non-hydrogen) atoms. The number of nitrogens with zero attached hydrogens (tertiary/aromatic N) is 2. The van der Waals surface area contributed by atoms with Gasteiger partial charge in [0, 0.05) is 17.8 Å². The van der Waals surface area contributed by atoms with E-state index in [1.165, 1.54) is 24.4 Å². The van der Waals surface area contributed by atoms with E-state index in [0.29, 0.717) is 0 Å². The van der Waals surface area contributed by atoms with Crippen molar-refractivity contribution in [3.05, 3.63) is 58.2 Å². The number of amides is 1. The summed E-state index contributed by atoms with van der Waals surface area (Å²) < 4.78 is 13.3. The number of benzene rings is 1. The number of halogens is 1. The van der Waals surface area contributed by atoms with E-state index < -0.39 is 16.6 Å². The maximum Gasteiger partial charge on any atom is 0.292 e. The van der Waals surface area contributed by atoms with E-state index in [0.717, 1.165) is 12.3 Å². The molecule has 0 atom stereocenters. The van der Waals surface area contributed by atoms with E-state index in [2.05, 4.69) is 10.3 Å². The van der Waals surface area contributed by atoms with Crippen molar-refractivity contribution in [2.24, 2.45) is 0 Å². The number of rotatable bonds is 3. The summed E-state index contributed by atoms with van der Waals surface area (Å²) in [5.74, 6) is -1.39. The average molecular weight is 276 g/mol. The predicted molar refractivity (Wildman–Crippen MR) is 69.7 cm³/mol. The molecule has 3 N–H and O–H groups in total. The van der Waals surface area contributed by atoms with Crippen LogP contribution < -0.4 is 11.1 Å². The molecule has 1 aromatic heterocycles. The van der Waals surface area contributed by atoms with Gasteiger partial charge in [0.15, 0.2) is 5.82 Å². The molecule has 7 nitrogen and oxygen atoms in total. The summed E-state index contributed by atoms with van der Waals surface area (Å²) in [6.07, 6.45) is 2.26. The van der Waals surface area contributed by atoms with E-state index in [-0.39, 0.29) is 22.6 Å². The summed E-state index contributed by atoms with van der Waals surface area (Å²) in [6, 6.07) is 4.87. The lowest BCUT2D eigenvalue weighted by Gasteiger charge is -2.06. The first-order valence-electron chi connectivity index (χ1n) is 5.44. The zero-order valence-corrected chi connectivity index (χ0v) is 10.0. The Hall–Kier alpha value is -3.03. The van der Waals surface area contributed by atoms with Crippen LogP contribution in [0.5, 0.6) is 0 Å². The predicted octanol–water partition coefficient (Wildman–Crippen LogP) is 1.96. The maximum atomic E-state index is 13.3. The normalized spacial score (nSPS) is 10.1. The lowest BCUT2D eigenvalue weighted by Crippen LogP contribution is -2.13. The van der Waals surface area contributed by atoms with Crippen LogP contribution in [0.4, 0.5) is 21.5 Å². The maximum absolute atomic E-state index is 13.3. The zero-order chi connectivity index (χ0) is 14.7. The van der Waals surface area contributed by atoms with Crippen LogP contribution in [0.25, 0.3) is 0 Å². The molecule has 2 rings (SSSR count). The number of hydrogen-bond donors (Lipinski definition) is 2. The lowest BCUT2D eigenvalue weighted by molar-refractivity contribution is -0.383. The molecule has 1 heterocycles. The summed E-state index contributed by atoms with van der Waals surface area (Å²) in [4.78, 5) is 25.5. The van der Waals surface area contributed by atoms with Gasteiger partial charge in [-0.2, -0.15) is 0 Å². The smallest absolute Gasteiger partial charge is 0.292 e. The number of nitrogen functional groups attached to an aromatic ring is 1. The van der Waals surface area contributed by atoms with Gasteiger partial charge in [-0.05, 0) is 18.2 Å². The number of pyridine rings is 1. The van der Waals surface area contributed by atoms with Crippen molar-refractivity contribution in [2.75, 3.05) is 11.1 Å². The van der Waals surface area contributed by atoms with Gasteiger partial charge in [-0.25, -0.2) is 4.39 Å². The van der Waals surface area contributed by atoms with Crippen molar-refractivity contribution in [2.45, 2.75) is 0 Å². The summed E-state index contributed by atoms with van der Waals surface area (Å²) in [6.45, 7) is 0. The Morgan fingerprint density at radius 2 is 2.15 bits per heavy atom. The van der Waals surface area contributed by atoms with Crippen LogP contribution >= 0.6 is 0 Å². The monoisotopic (exact) mass is 276 g/mol. The molecule has 0 saturated carbocycles. The Morgan fingerprint density at radius 1 is 1.40 bits per heavy atom. The molecular weight excluding hydrogens is 267 g/mol. The van der Waals surface area contributed by atoms with Crippen molar-refractivity contribution in [3.8, 4) is 0 Å². The molecule has 102 valence electrons. The summed E-state index contributed by atoms with van der Waals surface area (Å²) in [5, 5.41) is 13.0. The van der Waals surface area contributed by atoms with Gasteiger partial charge in [-0.3, -0.25) is 19.9 Å². The summed E-state index contributed by atoms with van der Waals surface area (Å²) in [5.41, 5.74) is 4.93. The van der Waals surface area contributed by atoms with E-state index in [9.17, 15) is 19.3 Å². The van der Waals surface area contributed by atoms with Crippen molar-refractivity contribution < 1.29 is 14.1 Å². The fourth-order valence-corrected chi connectivity index (χ4v) is 1.51. The average Bonchev–Trinajstić information content (AvgIpc) is 2.41. The van der Waals surface area contributed by atoms with Gasteiger partial charge in [0.1, 0.15) is 5.69 Å². The molecule has 0 aliphatic rings. The fourth-order valence-electron chi connectivity index (χ4n) is 1.51. The number of nitrogens with two attached hydrogens (primary N) is 1. The zero-order valence-electron chi connectivity index (χ0n) is 10.0. The van der Waals surface area contributed by atoms with E-state index in [4.69, 9.17) is 5.73 Å². The molecule has 1 aromatic carbocycles. The Morgan fingerprint density at radius 3 is 2.80 bits per heavy atom. The first-order chi connectivity index (χ1) is 9.49. The van der Waals surface area contributed by atoms with E-state index in [1.807, 2.05) is 0 Å². The number of anilines is 2. The molecule has 0 aliphatic heterocycles. The Labute approximate surface area is 112 Å². The standard InChI is InChI=1S/C12H9FN4O3/c13-8-6-15-4-3-10(8)16-12(18)7-1-2-9(14)11(5-7)17(19)20/h1-6H,14H2,(H,15,16,18). The third-order valence-corrected chi connectivity index (χ3v) is 2.51. The molecule has 8 heteroatoms. The molecule has 0 saturated heterocycles. The molecule has 0 spiro atoms. The number of carbonyl (C=O) groups is 1. The number of nitrogens with one attached hydrogen (secondary N) is 1. The van der Waals surface area contributed by atoms with Crippen LogP contribution in [0.1, 0.15) is 10.4 Å². The Kier molecular flexibility index (Phi) is 3.56. The minimum Gasteiger partial charge on any atom is -0.393 e. The summed E-state index contributed by atoms with van der Waals surface area (Å²) >= 11 is 0. The molecule has 2 aromatic rings. The molecule has 1 amide bonds. The number of hydrogen-bond acceptors (Lipinski definition) is 5. The van der Waals surface area contributed by atoms with Crippen molar-refractivity contribution in [1.82, 2.24) is 4.98 Å². The van der Waals surface area contributed by atoms with Crippen molar-refractivity contribution >= 4 is 23.0 Å². The highest BCUT2D eigenvalue weighted by Gasteiger charge is 2.16. The Balaban J connectivity index is 2.28. The van der Waals surface area contributed by atoms with Crippen molar-refractivity contribution in [3.63, 3.8) is 0 Å². The quantitative estimate of drug-likeness (QED) is 0.505. The second-order valence-corrected chi connectivity index (χ2v) is 3.84. The highest BCUT2D eigenvalue weighted by molar-refractivity contribution is 6.05. The van der Waals surface area contributed by atoms with Gasteiger partial charge in [-0.1, -0.05) is 0 Å². The van der Waals surface area contributed by atoms with Crippen LogP contribution in [0.3, 0.4) is 0 Å². The van der Waals surface area contributed by atoms with Crippen molar-refractivity contribution in [1.29, 1.82) is 0 Å². The second-order valence-electron chi connectivity index (χ2n) is 3.84. The molecule has 0 fully saturated rings. The molecule has 0 aliphatic carbocycles. The SMILES string of the molecule is Nc1ccc(C(=O)Nc2ccncc2F)cc1[N+](=O)[O-]. The second kappa shape index (κ2) is 5.31. The fraction of sp³-hybridized carbons (Fsp3) is 0. The van der Waals surface area contributed by atoms with Crippen LogP contribution in [-0.2, 0) is 0 Å². The van der Waals surface area contributed by atoms with Crippen LogP contribution in [0, 0.1) is 15.9 Å². The summed E-state index contributed by atoms with van der Waals surface area (Å²) in [7, 11) is 0. The van der Waals surface area contributed by atoms with Gasteiger partial charge in [0.05, 0.1) is 16.8 Å². The first-order valence-corrected chi connectivity index (χ1v) is 5.44. The lowest BCUT2D eigenvalue weighted by atomic mass is 10.1. The third kappa shape index (κ3) is 2.69. The van der Waals surface area contributed by atoms with Gasteiger partial charge < -0.3 is 11.1 Å². The van der Waals surface area contributed by atoms with Gasteiger partial charge in [0.2, 0.25) is 0 Å². The molecule has 0 bridgehead atoms. The largest absolute Gasteiger partial charge is 0.393 e. The minimum absolute atomic E-state index is 0.00196. The van der Waals surface area contributed by atoms with Gasteiger partial charge in [0.25, 0.3) is 11.6 Å². The molecular formula is C12H9FN4O3. The van der Waals surface area contributed by atoms with E-state index >= 15 is 0 Å². The van der Waals surface area contributed by atoms with E-state index in [1.54, 1.807) is 0 Å². The van der Waals surface area contributed by atoms with Gasteiger partial charge in [-0.15, -0.1) is 0 Å². The minimum atomic E-state index is -0.703. The number of carbonyl (C=O) groups excluding carboxylic acids is 1. The molecule has 0 unspecified atom stereocenters. The number of aromatic nitrogens is 1. The Bertz CT molecular complexity index is 690. The van der Waals surface area contributed by atoms with Crippen LogP contribution in [-0.4, -0.2) is 15.8 Å². The van der Waals surface area contributed by atoms with Crippen LogP contribution in [0.2, 0.25) is 0 Å². The van der Waals surface area contributed by atoms with Crippen LogP contribution in [0.15, 0.2) is 36.7 Å². The highest BCUT2D eigenvalue weighted by atomic mass is 19.1. The first kappa shape index (κ1) is 13.4. The number of nitro benzene ring substituents is 1. The van der Waals surface area contributed by atoms with Gasteiger partial charge >= 0.3 is 0 Å². The number of nitro groups is 1. The third-order valence-electron chi connectivity index (χ3n) is 2.51. The highest BCUT2D eigenvalue weighted by Crippen LogP contribution is 2.23. The topological polar surface area (TPSA) is 111 Å². The molecule has 0 radical (unpaired) electrons.